The second-order valence-corrected chi connectivity index (χ2v) is 6.62. The Morgan fingerprint density at radius 1 is 1.20 bits per heavy atom. The maximum absolute atomic E-state index is 11.9. The van der Waals surface area contributed by atoms with E-state index in [1.165, 1.54) is 0 Å². The summed E-state index contributed by atoms with van der Waals surface area (Å²) in [6.07, 6.45) is 0.695. The summed E-state index contributed by atoms with van der Waals surface area (Å²) < 4.78 is 10.1. The van der Waals surface area contributed by atoms with E-state index in [9.17, 15) is 9.59 Å². The molecular weight excluding hydrogens is 344 g/mol. The first-order valence-corrected chi connectivity index (χ1v) is 8.14. The number of benzene rings is 1. The first-order valence-electron chi connectivity index (χ1n) is 8.14. The minimum Gasteiger partial charge on any atom is -0.482 e. The Morgan fingerprint density at radius 3 is 2.32 bits per heavy atom. The van der Waals surface area contributed by atoms with Crippen LogP contribution in [-0.2, 0) is 20.7 Å². The average molecular weight is 373 g/mol. The largest absolute Gasteiger partial charge is 0.482 e. The first kappa shape index (κ1) is 23.2. The van der Waals surface area contributed by atoms with Gasteiger partial charge in [-0.05, 0) is 36.5 Å². The quantitative estimate of drug-likeness (QED) is 0.682. The van der Waals surface area contributed by atoms with Gasteiger partial charge >= 0.3 is 5.97 Å². The van der Waals surface area contributed by atoms with Crippen LogP contribution in [0.1, 0.15) is 33.3 Å². The number of halogens is 1. The van der Waals surface area contributed by atoms with Gasteiger partial charge in [-0.1, -0.05) is 32.9 Å². The molecule has 0 saturated carbocycles. The number of nitrogens with one attached hydrogen (secondary N) is 1. The highest BCUT2D eigenvalue weighted by molar-refractivity contribution is 5.85. The van der Waals surface area contributed by atoms with Gasteiger partial charge in [0.15, 0.2) is 6.61 Å². The normalized spacial score (nSPS) is 11.9. The molecule has 1 atom stereocenters. The number of hydrogen-bond acceptors (Lipinski definition) is 5. The van der Waals surface area contributed by atoms with Crippen LogP contribution in [0.2, 0.25) is 0 Å². The van der Waals surface area contributed by atoms with Crippen LogP contribution in [0.15, 0.2) is 24.3 Å². The van der Waals surface area contributed by atoms with E-state index in [0.29, 0.717) is 25.3 Å². The number of ether oxygens (including phenoxy) is 2. The molecule has 6 nitrogen and oxygen atoms in total. The molecule has 0 aromatic heterocycles. The Hall–Kier alpha value is -1.79. The third-order valence-corrected chi connectivity index (χ3v) is 3.51. The fraction of sp³-hybridized carbons (Fsp3) is 0.556. The van der Waals surface area contributed by atoms with Crippen molar-refractivity contribution in [2.75, 3.05) is 19.8 Å². The molecule has 1 rings (SSSR count). The number of esters is 1. The van der Waals surface area contributed by atoms with E-state index >= 15 is 0 Å². The van der Waals surface area contributed by atoms with E-state index in [1.54, 1.807) is 19.1 Å². The summed E-state index contributed by atoms with van der Waals surface area (Å²) in [4.78, 5) is 23.2. The number of carbonyl (C=O) groups excluding carboxylic acids is 2. The van der Waals surface area contributed by atoms with E-state index in [0.717, 1.165) is 5.56 Å². The highest BCUT2D eigenvalue weighted by Gasteiger charge is 2.26. The lowest BCUT2D eigenvalue weighted by molar-refractivity contribution is -0.145. The molecule has 7 heteroatoms. The topological polar surface area (TPSA) is 90.6 Å². The number of rotatable bonds is 8. The van der Waals surface area contributed by atoms with Crippen LogP contribution in [-0.4, -0.2) is 37.7 Å². The SMILES string of the molecule is CCOC(=O)COc1ccc(CCNC(=O)[C@@H](N)C(C)(C)C)cc1.Cl. The lowest BCUT2D eigenvalue weighted by atomic mass is 9.87. The molecule has 0 saturated heterocycles. The van der Waals surface area contributed by atoms with Crippen molar-refractivity contribution in [3.05, 3.63) is 29.8 Å². The van der Waals surface area contributed by atoms with Crippen molar-refractivity contribution in [1.82, 2.24) is 5.32 Å². The number of hydrogen-bond donors (Lipinski definition) is 2. The minimum atomic E-state index is -0.531. The molecule has 0 heterocycles. The van der Waals surface area contributed by atoms with Crippen molar-refractivity contribution < 1.29 is 19.1 Å². The van der Waals surface area contributed by atoms with Crippen molar-refractivity contribution in [1.29, 1.82) is 0 Å². The summed E-state index contributed by atoms with van der Waals surface area (Å²) in [6.45, 7) is 8.32. The van der Waals surface area contributed by atoms with Gasteiger partial charge in [0.05, 0.1) is 12.6 Å². The standard InChI is InChI=1S/C18H28N2O4.ClH/c1-5-23-15(21)12-24-14-8-6-13(7-9-14)10-11-20-17(22)16(19)18(2,3)4;/h6-9,16H,5,10-12,19H2,1-4H3,(H,20,22);1H/t16-;/m1./s1. The molecule has 0 radical (unpaired) electrons. The lowest BCUT2D eigenvalue weighted by Crippen LogP contribution is -2.48. The Balaban J connectivity index is 0.00000576. The summed E-state index contributed by atoms with van der Waals surface area (Å²) in [5.74, 6) is 0.0713. The zero-order valence-electron chi connectivity index (χ0n) is 15.3. The van der Waals surface area contributed by atoms with Gasteiger partial charge in [0.1, 0.15) is 5.75 Å². The fourth-order valence-corrected chi connectivity index (χ4v) is 1.93. The summed E-state index contributed by atoms with van der Waals surface area (Å²) in [5.41, 5.74) is 6.70. The van der Waals surface area contributed by atoms with E-state index in [4.69, 9.17) is 15.2 Å². The predicted octanol–water partition coefficient (Wildman–Crippen LogP) is 2.08. The van der Waals surface area contributed by atoms with Crippen LogP contribution in [0.25, 0.3) is 0 Å². The molecule has 3 N–H and O–H groups in total. The summed E-state index contributed by atoms with van der Waals surface area (Å²) in [5, 5.41) is 2.85. The molecule has 1 aromatic rings. The van der Waals surface area contributed by atoms with Crippen LogP contribution in [0, 0.1) is 5.41 Å². The molecule has 142 valence electrons. The van der Waals surface area contributed by atoms with Gasteiger partial charge in [0.25, 0.3) is 0 Å². The molecule has 0 aliphatic heterocycles. The third-order valence-electron chi connectivity index (χ3n) is 3.51. The van der Waals surface area contributed by atoms with Gasteiger partial charge < -0.3 is 20.5 Å². The van der Waals surface area contributed by atoms with Crippen molar-refractivity contribution in [3.8, 4) is 5.75 Å². The second-order valence-electron chi connectivity index (χ2n) is 6.62. The van der Waals surface area contributed by atoms with E-state index in [-0.39, 0.29) is 36.3 Å². The number of carbonyl (C=O) groups is 2. The van der Waals surface area contributed by atoms with Crippen LogP contribution in [0.4, 0.5) is 0 Å². The molecule has 1 aromatic carbocycles. The van der Waals surface area contributed by atoms with Gasteiger partial charge in [-0.15, -0.1) is 12.4 Å². The molecule has 1 amide bonds. The Morgan fingerprint density at radius 2 is 1.80 bits per heavy atom. The van der Waals surface area contributed by atoms with Crippen molar-refractivity contribution in [2.45, 2.75) is 40.2 Å². The minimum absolute atomic E-state index is 0. The lowest BCUT2D eigenvalue weighted by Gasteiger charge is -2.25. The Labute approximate surface area is 155 Å². The number of nitrogens with two attached hydrogens (primary N) is 1. The molecule has 0 fully saturated rings. The highest BCUT2D eigenvalue weighted by atomic mass is 35.5. The second kappa shape index (κ2) is 10.9. The van der Waals surface area contributed by atoms with Crippen LogP contribution >= 0.6 is 12.4 Å². The Bertz CT molecular complexity index is 541. The zero-order valence-corrected chi connectivity index (χ0v) is 16.2. The summed E-state index contributed by atoms with van der Waals surface area (Å²) >= 11 is 0. The maximum atomic E-state index is 11.9. The van der Waals surface area contributed by atoms with E-state index in [2.05, 4.69) is 5.32 Å². The summed E-state index contributed by atoms with van der Waals surface area (Å²) in [6, 6.07) is 6.84. The fourth-order valence-electron chi connectivity index (χ4n) is 1.93. The van der Waals surface area contributed by atoms with E-state index in [1.807, 2.05) is 32.9 Å². The molecule has 0 aliphatic carbocycles. The Kier molecular flexibility index (Phi) is 10.2. The molecule has 0 spiro atoms. The molecule has 0 unspecified atom stereocenters. The monoisotopic (exact) mass is 372 g/mol. The first-order chi connectivity index (χ1) is 11.2. The van der Waals surface area contributed by atoms with Gasteiger partial charge in [-0.2, -0.15) is 0 Å². The predicted molar refractivity (Wildman–Crippen MR) is 100.0 cm³/mol. The smallest absolute Gasteiger partial charge is 0.344 e. The van der Waals surface area contributed by atoms with Crippen molar-refractivity contribution in [2.24, 2.45) is 11.1 Å². The molecule has 25 heavy (non-hydrogen) atoms. The summed E-state index contributed by atoms with van der Waals surface area (Å²) in [7, 11) is 0. The van der Waals surface area contributed by atoms with Gasteiger partial charge in [-0.25, -0.2) is 4.79 Å². The van der Waals surface area contributed by atoms with Gasteiger partial charge in [-0.3, -0.25) is 4.79 Å². The van der Waals surface area contributed by atoms with Crippen LogP contribution in [0.5, 0.6) is 5.75 Å². The third kappa shape index (κ3) is 8.74. The maximum Gasteiger partial charge on any atom is 0.344 e. The zero-order chi connectivity index (χ0) is 18.2. The average Bonchev–Trinajstić information content (AvgIpc) is 2.52. The highest BCUT2D eigenvalue weighted by Crippen LogP contribution is 2.17. The molecular formula is C18H29ClN2O4. The van der Waals surface area contributed by atoms with Gasteiger partial charge in [0.2, 0.25) is 5.91 Å². The van der Waals surface area contributed by atoms with E-state index < -0.39 is 6.04 Å². The molecule has 0 aliphatic rings. The van der Waals surface area contributed by atoms with Crippen molar-refractivity contribution in [3.63, 3.8) is 0 Å². The number of amides is 1. The van der Waals surface area contributed by atoms with Gasteiger partial charge in [0, 0.05) is 6.54 Å². The molecule has 0 bridgehead atoms. The van der Waals surface area contributed by atoms with Crippen LogP contribution in [0.3, 0.4) is 0 Å². The van der Waals surface area contributed by atoms with Crippen LogP contribution < -0.4 is 15.8 Å². The van der Waals surface area contributed by atoms with Crippen molar-refractivity contribution >= 4 is 24.3 Å².